The second-order valence-corrected chi connectivity index (χ2v) is 6.01. The Labute approximate surface area is 128 Å². The molecular weight excluding hydrogens is 322 g/mol. The number of aliphatic hydroxyl groups is 1. The first kappa shape index (κ1) is 17.0. The van der Waals surface area contributed by atoms with Gasteiger partial charge in [0, 0.05) is 12.6 Å². The second-order valence-electron chi connectivity index (χ2n) is 5.15. The fraction of sp³-hybridized carbons (Fsp3) is 0.533. The van der Waals surface area contributed by atoms with Crippen LogP contribution in [-0.2, 0) is 4.79 Å². The van der Waals surface area contributed by atoms with Gasteiger partial charge in [-0.3, -0.25) is 4.79 Å². The van der Waals surface area contributed by atoms with Crippen molar-refractivity contribution in [2.75, 3.05) is 6.61 Å². The van der Waals surface area contributed by atoms with Crippen molar-refractivity contribution in [2.45, 2.75) is 39.8 Å². The Kier molecular flexibility index (Phi) is 6.49. The lowest BCUT2D eigenvalue weighted by Gasteiger charge is -2.22. The summed E-state index contributed by atoms with van der Waals surface area (Å²) in [5.41, 5.74) is 1.12. The summed E-state index contributed by atoms with van der Waals surface area (Å²) in [4.78, 5) is 12.0. The lowest BCUT2D eigenvalue weighted by atomic mass is 10.1. The van der Waals surface area contributed by atoms with Crippen molar-refractivity contribution >= 4 is 21.8 Å². The van der Waals surface area contributed by atoms with Crippen molar-refractivity contribution in [3.63, 3.8) is 0 Å². The van der Waals surface area contributed by atoms with Crippen LogP contribution in [0.25, 0.3) is 0 Å². The van der Waals surface area contributed by atoms with Crippen LogP contribution in [0.4, 0.5) is 0 Å². The van der Waals surface area contributed by atoms with Gasteiger partial charge in [-0.15, -0.1) is 0 Å². The zero-order valence-electron chi connectivity index (χ0n) is 12.3. The van der Waals surface area contributed by atoms with Crippen LogP contribution in [0, 0.1) is 12.8 Å². The molecule has 3 unspecified atom stereocenters. The Balaban J connectivity index is 2.61. The summed E-state index contributed by atoms with van der Waals surface area (Å²) in [6.45, 7) is 7.49. The number of rotatable bonds is 6. The van der Waals surface area contributed by atoms with Crippen LogP contribution in [-0.4, -0.2) is 29.8 Å². The lowest BCUT2D eigenvalue weighted by Crippen LogP contribution is -2.44. The van der Waals surface area contributed by atoms with Gasteiger partial charge in [0.2, 0.25) is 0 Å². The highest BCUT2D eigenvalue weighted by Gasteiger charge is 2.20. The number of nitrogens with one attached hydrogen (secondary N) is 1. The van der Waals surface area contributed by atoms with E-state index in [1.165, 1.54) is 0 Å². The van der Waals surface area contributed by atoms with Crippen LogP contribution < -0.4 is 10.1 Å². The van der Waals surface area contributed by atoms with E-state index in [0.29, 0.717) is 5.75 Å². The first-order valence-electron chi connectivity index (χ1n) is 6.69. The Bertz CT molecular complexity index is 464. The number of halogens is 1. The Hall–Kier alpha value is -1.07. The van der Waals surface area contributed by atoms with E-state index in [1.807, 2.05) is 39.0 Å². The van der Waals surface area contributed by atoms with E-state index in [-0.39, 0.29) is 24.5 Å². The minimum atomic E-state index is -0.595. The van der Waals surface area contributed by atoms with Gasteiger partial charge in [0.1, 0.15) is 5.75 Å². The highest BCUT2D eigenvalue weighted by Crippen LogP contribution is 2.26. The van der Waals surface area contributed by atoms with Crippen LogP contribution in [0.3, 0.4) is 0 Å². The molecule has 1 rings (SSSR count). The van der Waals surface area contributed by atoms with Crippen LogP contribution in [0.2, 0.25) is 0 Å². The molecule has 112 valence electrons. The molecule has 3 atom stereocenters. The van der Waals surface area contributed by atoms with Crippen LogP contribution >= 0.6 is 15.9 Å². The molecule has 0 heterocycles. The molecule has 0 spiro atoms. The monoisotopic (exact) mass is 343 g/mol. The smallest absolute Gasteiger partial charge is 0.260 e. The van der Waals surface area contributed by atoms with Gasteiger partial charge in [-0.2, -0.15) is 0 Å². The average molecular weight is 344 g/mol. The largest absolute Gasteiger partial charge is 0.480 e. The van der Waals surface area contributed by atoms with Crippen molar-refractivity contribution in [2.24, 2.45) is 5.92 Å². The van der Waals surface area contributed by atoms with E-state index in [9.17, 15) is 4.79 Å². The van der Waals surface area contributed by atoms with E-state index >= 15 is 0 Å². The van der Waals surface area contributed by atoms with E-state index in [4.69, 9.17) is 9.84 Å². The number of aryl methyl sites for hydroxylation is 1. The number of amides is 1. The highest BCUT2D eigenvalue weighted by atomic mass is 79.9. The molecule has 4 nitrogen and oxygen atoms in total. The maximum absolute atomic E-state index is 12.0. The first-order valence-corrected chi connectivity index (χ1v) is 7.48. The minimum absolute atomic E-state index is 0.0114. The number of aliphatic hydroxyl groups excluding tert-OH is 1. The predicted octanol–water partition coefficient (Wildman–Crippen LogP) is 2.66. The van der Waals surface area contributed by atoms with Gasteiger partial charge in [-0.25, -0.2) is 0 Å². The normalized spacial score (nSPS) is 15.3. The predicted molar refractivity (Wildman–Crippen MR) is 82.8 cm³/mol. The van der Waals surface area contributed by atoms with Crippen molar-refractivity contribution < 1.29 is 14.6 Å². The fourth-order valence-corrected chi connectivity index (χ4v) is 2.17. The van der Waals surface area contributed by atoms with Crippen LogP contribution in [0.1, 0.15) is 26.3 Å². The van der Waals surface area contributed by atoms with Gasteiger partial charge in [0.25, 0.3) is 5.91 Å². The molecule has 0 fully saturated rings. The minimum Gasteiger partial charge on any atom is -0.480 e. The van der Waals surface area contributed by atoms with Crippen molar-refractivity contribution in [3.8, 4) is 5.75 Å². The maximum atomic E-state index is 12.0. The number of hydrogen-bond donors (Lipinski definition) is 2. The number of ether oxygens (including phenoxy) is 1. The number of hydrogen-bond acceptors (Lipinski definition) is 3. The molecule has 0 aliphatic carbocycles. The topological polar surface area (TPSA) is 58.6 Å². The van der Waals surface area contributed by atoms with Crippen molar-refractivity contribution in [1.29, 1.82) is 0 Å². The Morgan fingerprint density at radius 3 is 2.60 bits per heavy atom. The molecule has 0 bridgehead atoms. The molecule has 0 radical (unpaired) electrons. The highest BCUT2D eigenvalue weighted by molar-refractivity contribution is 9.10. The third-order valence-electron chi connectivity index (χ3n) is 3.27. The first-order chi connectivity index (χ1) is 9.35. The summed E-state index contributed by atoms with van der Waals surface area (Å²) < 4.78 is 6.48. The Morgan fingerprint density at radius 2 is 2.05 bits per heavy atom. The molecule has 0 saturated carbocycles. The molecule has 20 heavy (non-hydrogen) atoms. The summed E-state index contributed by atoms with van der Waals surface area (Å²) in [6, 6.07) is 5.61. The molecule has 1 aromatic rings. The molecule has 5 heteroatoms. The van der Waals surface area contributed by atoms with Crippen LogP contribution in [0.15, 0.2) is 22.7 Å². The molecule has 0 aliphatic heterocycles. The second kappa shape index (κ2) is 7.64. The van der Waals surface area contributed by atoms with E-state index < -0.39 is 6.10 Å². The molecule has 1 amide bonds. The standard InChI is InChI=1S/C15H22BrNO3/c1-9-5-6-14(13(16)7-9)20-12(4)15(19)17-11(3)10(2)8-18/h5-7,10-12,18H,8H2,1-4H3,(H,17,19). The van der Waals surface area contributed by atoms with Gasteiger partial charge in [0.05, 0.1) is 4.47 Å². The van der Waals surface area contributed by atoms with Gasteiger partial charge in [-0.05, 0) is 60.3 Å². The molecule has 0 aliphatic rings. The quantitative estimate of drug-likeness (QED) is 0.834. The summed E-state index contributed by atoms with van der Waals surface area (Å²) in [5, 5.41) is 11.9. The van der Waals surface area contributed by atoms with Crippen molar-refractivity contribution in [1.82, 2.24) is 5.32 Å². The zero-order valence-corrected chi connectivity index (χ0v) is 13.9. The van der Waals surface area contributed by atoms with E-state index in [0.717, 1.165) is 10.0 Å². The summed E-state index contributed by atoms with van der Waals surface area (Å²) in [7, 11) is 0. The Morgan fingerprint density at radius 1 is 1.40 bits per heavy atom. The van der Waals surface area contributed by atoms with Gasteiger partial charge in [0.15, 0.2) is 6.10 Å². The van der Waals surface area contributed by atoms with E-state index in [1.54, 1.807) is 6.92 Å². The average Bonchev–Trinajstić information content (AvgIpc) is 2.40. The molecule has 0 saturated heterocycles. The summed E-state index contributed by atoms with van der Waals surface area (Å²) in [5.74, 6) is 0.462. The zero-order chi connectivity index (χ0) is 15.3. The number of benzene rings is 1. The van der Waals surface area contributed by atoms with Gasteiger partial charge >= 0.3 is 0 Å². The van der Waals surface area contributed by atoms with Gasteiger partial charge < -0.3 is 15.2 Å². The van der Waals surface area contributed by atoms with E-state index in [2.05, 4.69) is 21.2 Å². The summed E-state index contributed by atoms with van der Waals surface area (Å²) in [6.07, 6.45) is -0.595. The fourth-order valence-electron chi connectivity index (χ4n) is 1.59. The third kappa shape index (κ3) is 4.80. The molecule has 1 aromatic carbocycles. The van der Waals surface area contributed by atoms with Gasteiger partial charge in [-0.1, -0.05) is 13.0 Å². The molecule has 2 N–H and O–H groups in total. The summed E-state index contributed by atoms with van der Waals surface area (Å²) >= 11 is 3.42. The SMILES string of the molecule is Cc1ccc(OC(C)C(=O)NC(C)C(C)CO)c(Br)c1. The van der Waals surface area contributed by atoms with Crippen molar-refractivity contribution in [3.05, 3.63) is 28.2 Å². The molecule has 0 aromatic heterocycles. The number of carbonyl (C=O) groups is 1. The molecular formula is C15H22BrNO3. The maximum Gasteiger partial charge on any atom is 0.260 e. The van der Waals surface area contributed by atoms with Crippen LogP contribution in [0.5, 0.6) is 5.75 Å². The lowest BCUT2D eigenvalue weighted by molar-refractivity contribution is -0.128. The number of carbonyl (C=O) groups excluding carboxylic acids is 1. The third-order valence-corrected chi connectivity index (χ3v) is 3.89.